The van der Waals surface area contributed by atoms with Crippen molar-refractivity contribution >= 4 is 21.9 Å². The third kappa shape index (κ3) is 2.76. The molecule has 0 saturated carbocycles. The Balaban J connectivity index is 3.29. The maximum atomic E-state index is 12.6. The maximum Gasteiger partial charge on any atom is 0.307 e. The number of hydrogen-bond donors (Lipinski definition) is 1. The first-order chi connectivity index (χ1) is 7.45. The van der Waals surface area contributed by atoms with E-state index in [1.807, 2.05) is 0 Å². The first-order valence-corrected chi connectivity index (χ1v) is 4.97. The van der Waals surface area contributed by atoms with E-state index in [0.29, 0.717) is 0 Å². The molecule has 0 unspecified atom stereocenters. The van der Waals surface area contributed by atoms with Gasteiger partial charge < -0.3 is 5.11 Å². The molecular formula is C10H6BrF2NO2. The van der Waals surface area contributed by atoms with Crippen LogP contribution in [0.1, 0.15) is 23.1 Å². The van der Waals surface area contributed by atoms with E-state index in [9.17, 15) is 13.6 Å². The molecule has 16 heavy (non-hydrogen) atoms. The zero-order valence-electron chi connectivity index (χ0n) is 7.88. The van der Waals surface area contributed by atoms with Crippen molar-refractivity contribution in [2.75, 3.05) is 0 Å². The van der Waals surface area contributed by atoms with Gasteiger partial charge in [-0.15, -0.1) is 0 Å². The quantitative estimate of drug-likeness (QED) is 0.931. The van der Waals surface area contributed by atoms with Gasteiger partial charge in [0.2, 0.25) is 0 Å². The highest BCUT2D eigenvalue weighted by atomic mass is 79.9. The lowest BCUT2D eigenvalue weighted by Crippen LogP contribution is -2.02. The molecule has 0 heterocycles. The number of nitrogens with zero attached hydrogens (tertiary/aromatic N) is 1. The zero-order valence-corrected chi connectivity index (χ0v) is 9.46. The van der Waals surface area contributed by atoms with Crippen molar-refractivity contribution in [3.8, 4) is 6.07 Å². The van der Waals surface area contributed by atoms with Gasteiger partial charge in [0.1, 0.15) is 6.07 Å². The minimum atomic E-state index is -2.81. The number of carbonyl (C=O) groups is 1. The average Bonchev–Trinajstić information content (AvgIpc) is 2.15. The van der Waals surface area contributed by atoms with E-state index in [2.05, 4.69) is 15.9 Å². The van der Waals surface area contributed by atoms with Crippen LogP contribution in [0.25, 0.3) is 0 Å². The predicted octanol–water partition coefficient (Wildman–Crippen LogP) is 2.89. The summed E-state index contributed by atoms with van der Waals surface area (Å²) < 4.78 is 25.4. The first-order valence-electron chi connectivity index (χ1n) is 4.18. The van der Waals surface area contributed by atoms with Crippen LogP contribution in [0.4, 0.5) is 8.78 Å². The second kappa shape index (κ2) is 5.03. The van der Waals surface area contributed by atoms with Crippen molar-refractivity contribution in [3.63, 3.8) is 0 Å². The number of carboxylic acid groups (broad SMARTS) is 1. The van der Waals surface area contributed by atoms with Crippen molar-refractivity contribution in [1.82, 2.24) is 0 Å². The molecule has 6 heteroatoms. The number of alkyl halides is 2. The summed E-state index contributed by atoms with van der Waals surface area (Å²) in [6, 6.07) is 4.05. The van der Waals surface area contributed by atoms with Gasteiger partial charge in [-0.25, -0.2) is 8.78 Å². The van der Waals surface area contributed by atoms with Crippen molar-refractivity contribution in [3.05, 3.63) is 33.3 Å². The molecular weight excluding hydrogens is 284 g/mol. The molecule has 0 fully saturated rings. The van der Waals surface area contributed by atoms with E-state index >= 15 is 0 Å². The molecule has 1 aromatic carbocycles. The molecule has 1 N–H and O–H groups in total. The third-order valence-corrected chi connectivity index (χ3v) is 2.51. The molecule has 1 aromatic rings. The summed E-state index contributed by atoms with van der Waals surface area (Å²) in [7, 11) is 0. The lowest BCUT2D eigenvalue weighted by Gasteiger charge is -2.07. The standard InChI is InChI=1S/C10H6BrF2NO2/c11-8-2-5(3-9(15)16)1-6(10(12)13)7(8)4-14/h1-2,10H,3H2,(H,15,16). The first kappa shape index (κ1) is 12.6. The minimum Gasteiger partial charge on any atom is -0.481 e. The van der Waals surface area contributed by atoms with Crippen molar-refractivity contribution in [1.29, 1.82) is 5.26 Å². The molecule has 3 nitrogen and oxygen atoms in total. The van der Waals surface area contributed by atoms with E-state index in [-0.39, 0.29) is 22.0 Å². The molecule has 1 rings (SSSR count). The Morgan fingerprint density at radius 1 is 1.56 bits per heavy atom. The summed E-state index contributed by atoms with van der Waals surface area (Å²) >= 11 is 2.97. The fraction of sp³-hybridized carbons (Fsp3) is 0.200. The molecule has 0 aromatic heterocycles. The molecule has 0 saturated heterocycles. The van der Waals surface area contributed by atoms with Crippen LogP contribution in [0, 0.1) is 11.3 Å². The number of hydrogen-bond acceptors (Lipinski definition) is 2. The van der Waals surface area contributed by atoms with Crippen LogP contribution in [0.3, 0.4) is 0 Å². The van der Waals surface area contributed by atoms with Crippen LogP contribution in [0.2, 0.25) is 0 Å². The highest BCUT2D eigenvalue weighted by Crippen LogP contribution is 2.29. The number of carboxylic acids is 1. The Morgan fingerprint density at radius 2 is 2.19 bits per heavy atom. The number of halogens is 3. The average molecular weight is 290 g/mol. The van der Waals surface area contributed by atoms with Gasteiger partial charge in [-0.1, -0.05) is 0 Å². The highest BCUT2D eigenvalue weighted by Gasteiger charge is 2.17. The summed E-state index contributed by atoms with van der Waals surface area (Å²) in [4.78, 5) is 10.4. The Kier molecular flexibility index (Phi) is 3.96. The number of rotatable bonds is 3. The number of benzene rings is 1. The highest BCUT2D eigenvalue weighted by molar-refractivity contribution is 9.10. The summed E-state index contributed by atoms with van der Waals surface area (Å²) in [6.45, 7) is 0. The lowest BCUT2D eigenvalue weighted by molar-refractivity contribution is -0.136. The summed E-state index contributed by atoms with van der Waals surface area (Å²) in [5, 5.41) is 17.2. The Labute approximate surface area is 98.4 Å². The van der Waals surface area contributed by atoms with Crippen LogP contribution in [-0.4, -0.2) is 11.1 Å². The Hall–Kier alpha value is -1.48. The van der Waals surface area contributed by atoms with Gasteiger partial charge in [-0.3, -0.25) is 4.79 Å². The van der Waals surface area contributed by atoms with E-state index in [1.54, 1.807) is 6.07 Å². The van der Waals surface area contributed by atoms with Crippen molar-refractivity contribution in [2.24, 2.45) is 0 Å². The van der Waals surface area contributed by atoms with Gasteiger partial charge in [0, 0.05) is 10.0 Å². The van der Waals surface area contributed by atoms with E-state index in [0.717, 1.165) is 6.07 Å². The lowest BCUT2D eigenvalue weighted by atomic mass is 10.0. The summed E-state index contributed by atoms with van der Waals surface area (Å²) in [5.41, 5.74) is -0.383. The van der Waals surface area contributed by atoms with E-state index in [4.69, 9.17) is 10.4 Å². The molecule has 0 aliphatic heterocycles. The van der Waals surface area contributed by atoms with E-state index in [1.165, 1.54) is 6.07 Å². The van der Waals surface area contributed by atoms with Crippen LogP contribution in [0.15, 0.2) is 16.6 Å². The van der Waals surface area contributed by atoms with Gasteiger partial charge in [0.15, 0.2) is 0 Å². The van der Waals surface area contributed by atoms with Crippen LogP contribution < -0.4 is 0 Å². The molecule has 0 atom stereocenters. The number of nitriles is 1. The molecule has 0 bridgehead atoms. The second-order valence-electron chi connectivity index (χ2n) is 3.02. The Morgan fingerprint density at radius 3 is 2.62 bits per heavy atom. The van der Waals surface area contributed by atoms with Crippen molar-refractivity contribution in [2.45, 2.75) is 12.8 Å². The monoisotopic (exact) mass is 289 g/mol. The Bertz CT molecular complexity index is 469. The van der Waals surface area contributed by atoms with Crippen LogP contribution in [0.5, 0.6) is 0 Å². The largest absolute Gasteiger partial charge is 0.481 e. The van der Waals surface area contributed by atoms with Gasteiger partial charge in [0.25, 0.3) is 6.43 Å². The molecule has 0 aliphatic rings. The summed E-state index contributed by atoms with van der Waals surface area (Å²) in [6.07, 6.45) is -3.16. The van der Waals surface area contributed by atoms with Gasteiger partial charge >= 0.3 is 5.97 Å². The fourth-order valence-electron chi connectivity index (χ4n) is 1.25. The van der Waals surface area contributed by atoms with Gasteiger partial charge in [-0.05, 0) is 33.6 Å². The number of aliphatic carboxylic acids is 1. The zero-order chi connectivity index (χ0) is 12.3. The molecule has 0 amide bonds. The minimum absolute atomic E-state index is 0.163. The molecule has 0 radical (unpaired) electrons. The third-order valence-electron chi connectivity index (χ3n) is 1.88. The smallest absolute Gasteiger partial charge is 0.307 e. The van der Waals surface area contributed by atoms with Crippen molar-refractivity contribution < 1.29 is 18.7 Å². The van der Waals surface area contributed by atoms with Crippen LogP contribution in [-0.2, 0) is 11.2 Å². The molecule has 84 valence electrons. The van der Waals surface area contributed by atoms with Gasteiger partial charge in [-0.2, -0.15) is 5.26 Å². The van der Waals surface area contributed by atoms with E-state index < -0.39 is 18.0 Å². The summed E-state index contributed by atoms with van der Waals surface area (Å²) in [5.74, 6) is -1.11. The normalized spacial score (nSPS) is 10.2. The van der Waals surface area contributed by atoms with Crippen LogP contribution >= 0.6 is 15.9 Å². The fourth-order valence-corrected chi connectivity index (χ4v) is 1.86. The maximum absolute atomic E-state index is 12.6. The topological polar surface area (TPSA) is 61.1 Å². The SMILES string of the molecule is N#Cc1c(Br)cc(CC(=O)O)cc1C(F)F. The van der Waals surface area contributed by atoms with Gasteiger partial charge in [0.05, 0.1) is 12.0 Å². The second-order valence-corrected chi connectivity index (χ2v) is 3.88. The predicted molar refractivity (Wildman–Crippen MR) is 55.2 cm³/mol. The molecule has 0 aliphatic carbocycles. The molecule has 0 spiro atoms.